The van der Waals surface area contributed by atoms with Gasteiger partial charge in [0.1, 0.15) is 0 Å². The number of nitro groups is 1. The van der Waals surface area contributed by atoms with E-state index < -0.39 is 16.8 Å². The summed E-state index contributed by atoms with van der Waals surface area (Å²) in [6.07, 6.45) is 1.18. The maximum Gasteiger partial charge on any atom is 0.361 e. The lowest BCUT2D eigenvalue weighted by Crippen LogP contribution is -2.18. The van der Waals surface area contributed by atoms with Gasteiger partial charge in [-0.3, -0.25) is 19.6 Å². The summed E-state index contributed by atoms with van der Waals surface area (Å²) in [6.45, 7) is 7.24. The Labute approximate surface area is 150 Å². The summed E-state index contributed by atoms with van der Waals surface area (Å²) < 4.78 is 6.63. The van der Waals surface area contributed by atoms with Crippen molar-refractivity contribution in [3.8, 4) is 0 Å². The first-order valence-electron chi connectivity index (χ1n) is 8.08. The smallest absolute Gasteiger partial charge is 0.361 e. The van der Waals surface area contributed by atoms with Gasteiger partial charge in [-0.05, 0) is 33.8 Å². The number of benzene rings is 1. The first-order chi connectivity index (χ1) is 12.2. The third kappa shape index (κ3) is 4.05. The Hall–Kier alpha value is -3.23. The zero-order valence-corrected chi connectivity index (χ0v) is 15.0. The molecule has 9 nitrogen and oxygen atoms in total. The van der Waals surface area contributed by atoms with Crippen LogP contribution >= 0.6 is 0 Å². The fourth-order valence-corrected chi connectivity index (χ4v) is 2.35. The molecule has 1 aromatic heterocycles. The van der Waals surface area contributed by atoms with Crippen molar-refractivity contribution in [2.75, 3.05) is 5.32 Å². The van der Waals surface area contributed by atoms with Crippen molar-refractivity contribution >= 4 is 23.3 Å². The zero-order chi connectivity index (χ0) is 19.4. The molecule has 0 saturated carbocycles. The third-order valence-corrected chi connectivity index (χ3v) is 3.62. The predicted molar refractivity (Wildman–Crippen MR) is 94.2 cm³/mol. The lowest BCUT2D eigenvalue weighted by atomic mass is 10.1. The maximum atomic E-state index is 12.6. The fourth-order valence-electron chi connectivity index (χ4n) is 2.35. The van der Waals surface area contributed by atoms with Crippen LogP contribution in [0.15, 0.2) is 24.4 Å². The number of rotatable bonds is 6. The van der Waals surface area contributed by atoms with E-state index in [0.29, 0.717) is 6.54 Å². The molecule has 0 unspecified atom stereocenters. The van der Waals surface area contributed by atoms with Crippen molar-refractivity contribution in [1.29, 1.82) is 0 Å². The fraction of sp³-hybridized carbons (Fsp3) is 0.353. The summed E-state index contributed by atoms with van der Waals surface area (Å²) >= 11 is 0. The number of amides is 1. The van der Waals surface area contributed by atoms with Gasteiger partial charge in [-0.25, -0.2) is 4.79 Å². The molecule has 0 fully saturated rings. The molecular formula is C17H20N4O5. The topological polar surface area (TPSA) is 116 Å². The van der Waals surface area contributed by atoms with Crippen molar-refractivity contribution in [2.45, 2.75) is 40.3 Å². The lowest BCUT2D eigenvalue weighted by Gasteiger charge is -2.09. The van der Waals surface area contributed by atoms with E-state index in [2.05, 4.69) is 10.4 Å². The highest BCUT2D eigenvalue weighted by molar-refractivity contribution is 6.08. The maximum absolute atomic E-state index is 12.6. The van der Waals surface area contributed by atoms with Gasteiger partial charge in [-0.15, -0.1) is 0 Å². The number of anilines is 1. The molecule has 138 valence electrons. The van der Waals surface area contributed by atoms with Gasteiger partial charge in [0.05, 0.1) is 16.7 Å². The standard InChI is InChI=1S/C17H20N4O5/c1-5-20-9-13(15(19-20)17(23)26-10(2)3)18-16(22)12-7-6-8-14(11(12)4)21(24)25/h6-10H,5H2,1-4H3,(H,18,22). The normalized spacial score (nSPS) is 10.7. The van der Waals surface area contributed by atoms with Crippen LogP contribution in [0.3, 0.4) is 0 Å². The molecule has 1 N–H and O–H groups in total. The van der Waals surface area contributed by atoms with E-state index in [1.807, 2.05) is 6.92 Å². The van der Waals surface area contributed by atoms with Gasteiger partial charge < -0.3 is 10.1 Å². The Morgan fingerprint density at radius 1 is 1.38 bits per heavy atom. The van der Waals surface area contributed by atoms with Crippen LogP contribution in [0.25, 0.3) is 0 Å². The van der Waals surface area contributed by atoms with Gasteiger partial charge in [0.15, 0.2) is 5.69 Å². The second kappa shape index (κ2) is 7.77. The highest BCUT2D eigenvalue weighted by Crippen LogP contribution is 2.23. The summed E-state index contributed by atoms with van der Waals surface area (Å²) in [5.41, 5.74) is 0.405. The van der Waals surface area contributed by atoms with Crippen LogP contribution in [0.5, 0.6) is 0 Å². The number of hydrogen-bond donors (Lipinski definition) is 1. The summed E-state index contributed by atoms with van der Waals surface area (Å²) in [5.74, 6) is -1.22. The Morgan fingerprint density at radius 2 is 2.08 bits per heavy atom. The minimum absolute atomic E-state index is 0.0167. The monoisotopic (exact) mass is 360 g/mol. The van der Waals surface area contributed by atoms with Gasteiger partial charge in [0, 0.05) is 29.9 Å². The van der Waals surface area contributed by atoms with Gasteiger partial charge in [0.25, 0.3) is 11.6 Å². The van der Waals surface area contributed by atoms with Gasteiger partial charge in [-0.2, -0.15) is 5.10 Å². The van der Waals surface area contributed by atoms with Gasteiger partial charge in [0.2, 0.25) is 0 Å². The molecule has 0 saturated heterocycles. The number of ether oxygens (including phenoxy) is 1. The van der Waals surface area contributed by atoms with Crippen molar-refractivity contribution < 1.29 is 19.2 Å². The molecule has 2 aromatic rings. The molecule has 0 bridgehead atoms. The summed E-state index contributed by atoms with van der Waals surface area (Å²) in [4.78, 5) is 35.3. The molecule has 0 atom stereocenters. The molecule has 0 radical (unpaired) electrons. The van der Waals surface area contributed by atoms with Crippen LogP contribution in [0.1, 0.15) is 47.2 Å². The minimum Gasteiger partial charge on any atom is -0.458 e. The largest absolute Gasteiger partial charge is 0.458 e. The van der Waals surface area contributed by atoms with Crippen LogP contribution in [0.4, 0.5) is 11.4 Å². The van der Waals surface area contributed by atoms with E-state index in [1.165, 1.54) is 36.0 Å². The highest BCUT2D eigenvalue weighted by Gasteiger charge is 2.23. The van der Waals surface area contributed by atoms with Crippen LogP contribution in [-0.2, 0) is 11.3 Å². The third-order valence-electron chi connectivity index (χ3n) is 3.62. The van der Waals surface area contributed by atoms with Gasteiger partial charge in [-0.1, -0.05) is 6.07 Å². The molecule has 26 heavy (non-hydrogen) atoms. The van der Waals surface area contributed by atoms with E-state index in [9.17, 15) is 19.7 Å². The van der Waals surface area contributed by atoms with E-state index in [4.69, 9.17) is 4.74 Å². The SMILES string of the molecule is CCn1cc(NC(=O)c2cccc([N+](=O)[O-])c2C)c(C(=O)OC(C)C)n1. The van der Waals surface area contributed by atoms with E-state index in [0.717, 1.165) is 0 Å². The molecule has 0 aliphatic rings. The quantitative estimate of drug-likeness (QED) is 0.481. The average Bonchev–Trinajstić information content (AvgIpc) is 2.97. The van der Waals surface area contributed by atoms with Crippen LogP contribution in [0.2, 0.25) is 0 Å². The van der Waals surface area contributed by atoms with Crippen LogP contribution < -0.4 is 5.32 Å². The van der Waals surface area contributed by atoms with E-state index in [-0.39, 0.29) is 34.3 Å². The average molecular weight is 360 g/mol. The van der Waals surface area contributed by atoms with E-state index in [1.54, 1.807) is 13.8 Å². The Balaban J connectivity index is 2.35. The van der Waals surface area contributed by atoms with Crippen molar-refractivity contribution in [3.63, 3.8) is 0 Å². The first-order valence-corrected chi connectivity index (χ1v) is 8.08. The number of nitro benzene ring substituents is 1. The van der Waals surface area contributed by atoms with Crippen LogP contribution in [-0.4, -0.2) is 32.7 Å². The molecule has 9 heteroatoms. The molecule has 0 aliphatic heterocycles. The molecule has 1 heterocycles. The van der Waals surface area contributed by atoms with Crippen LogP contribution in [0, 0.1) is 17.0 Å². The molecule has 0 aliphatic carbocycles. The number of esters is 1. The molecular weight excluding hydrogens is 340 g/mol. The van der Waals surface area contributed by atoms with Gasteiger partial charge >= 0.3 is 5.97 Å². The Bertz CT molecular complexity index is 857. The molecule has 2 rings (SSSR count). The zero-order valence-electron chi connectivity index (χ0n) is 15.0. The molecule has 1 aromatic carbocycles. The number of carbonyl (C=O) groups is 2. The number of aryl methyl sites for hydroxylation is 1. The molecule has 0 spiro atoms. The van der Waals surface area contributed by atoms with Crippen molar-refractivity contribution in [1.82, 2.24) is 9.78 Å². The molecule has 1 amide bonds. The number of aromatic nitrogens is 2. The van der Waals surface area contributed by atoms with E-state index >= 15 is 0 Å². The Morgan fingerprint density at radius 3 is 2.65 bits per heavy atom. The Kier molecular flexibility index (Phi) is 5.71. The summed E-state index contributed by atoms with van der Waals surface area (Å²) in [6, 6.07) is 4.24. The lowest BCUT2D eigenvalue weighted by molar-refractivity contribution is -0.385. The number of nitrogens with one attached hydrogen (secondary N) is 1. The second-order valence-corrected chi connectivity index (χ2v) is 5.86. The van der Waals surface area contributed by atoms with Crippen molar-refractivity contribution in [2.24, 2.45) is 0 Å². The number of hydrogen-bond acceptors (Lipinski definition) is 6. The minimum atomic E-state index is -0.654. The number of carbonyl (C=O) groups excluding carboxylic acids is 2. The number of nitrogens with zero attached hydrogens (tertiary/aromatic N) is 3. The van der Waals surface area contributed by atoms with Crippen molar-refractivity contribution in [3.05, 3.63) is 51.3 Å². The second-order valence-electron chi connectivity index (χ2n) is 5.86. The predicted octanol–water partition coefficient (Wildman–Crippen LogP) is 2.94. The summed E-state index contributed by atoms with van der Waals surface area (Å²) in [5, 5.41) is 17.8. The summed E-state index contributed by atoms with van der Waals surface area (Å²) in [7, 11) is 0. The first kappa shape index (κ1) is 19.1. The highest BCUT2D eigenvalue weighted by atomic mass is 16.6.